The van der Waals surface area contributed by atoms with Gasteiger partial charge in [-0.3, -0.25) is 0 Å². The van der Waals surface area contributed by atoms with Gasteiger partial charge in [-0.05, 0) is 17.5 Å². The highest BCUT2D eigenvalue weighted by Crippen LogP contribution is 2.31. The first-order chi connectivity index (χ1) is 6.65. The molecule has 5 heteroatoms. The van der Waals surface area contributed by atoms with Crippen molar-refractivity contribution in [3.05, 3.63) is 30.1 Å². The van der Waals surface area contributed by atoms with Crippen LogP contribution in [0.4, 0.5) is 9.18 Å². The van der Waals surface area contributed by atoms with Gasteiger partial charge in [0.25, 0.3) is 0 Å². The minimum absolute atomic E-state index is 0.248. The highest BCUT2D eigenvalue weighted by molar-refractivity contribution is 7.20. The molecule has 1 aromatic carbocycles. The normalized spacial score (nSPS) is 10.4. The third kappa shape index (κ3) is 1.67. The molecule has 0 aliphatic carbocycles. The van der Waals surface area contributed by atoms with Crippen molar-refractivity contribution in [2.24, 2.45) is 0 Å². The van der Waals surface area contributed by atoms with Gasteiger partial charge in [0.1, 0.15) is 5.82 Å². The standard InChI is InChI=1S/C9H5FO3S/c10-6-2-1-5-3-8(13-9(11)12)14-7(5)4-6/h1-4H,(H,11,12). The lowest BCUT2D eigenvalue weighted by atomic mass is 10.3. The highest BCUT2D eigenvalue weighted by Gasteiger charge is 2.06. The number of rotatable bonds is 1. The van der Waals surface area contributed by atoms with Crippen molar-refractivity contribution in [1.82, 2.24) is 0 Å². The molecule has 14 heavy (non-hydrogen) atoms. The molecule has 0 radical (unpaired) electrons. The Morgan fingerprint density at radius 3 is 2.93 bits per heavy atom. The molecule has 1 aromatic heterocycles. The molecule has 0 spiro atoms. The molecule has 1 N–H and O–H groups in total. The summed E-state index contributed by atoms with van der Waals surface area (Å²) in [4.78, 5) is 10.2. The minimum Gasteiger partial charge on any atom is -0.449 e. The molecule has 0 aliphatic rings. The van der Waals surface area contributed by atoms with E-state index in [9.17, 15) is 9.18 Å². The van der Waals surface area contributed by atoms with Crippen LogP contribution in [-0.4, -0.2) is 11.3 Å². The largest absolute Gasteiger partial charge is 0.512 e. The van der Waals surface area contributed by atoms with Crippen LogP contribution in [-0.2, 0) is 0 Å². The Bertz CT molecular complexity index is 492. The molecule has 1 heterocycles. The molecule has 0 atom stereocenters. The van der Waals surface area contributed by atoms with E-state index in [0.29, 0.717) is 4.70 Å². The second kappa shape index (κ2) is 3.26. The summed E-state index contributed by atoms with van der Waals surface area (Å²) in [6.07, 6.45) is -1.36. The van der Waals surface area contributed by atoms with Gasteiger partial charge in [-0.15, -0.1) is 0 Å². The topological polar surface area (TPSA) is 46.5 Å². The molecule has 72 valence electrons. The Kier molecular flexibility index (Phi) is 2.09. The minimum atomic E-state index is -1.36. The van der Waals surface area contributed by atoms with E-state index in [1.807, 2.05) is 0 Å². The van der Waals surface area contributed by atoms with Crippen molar-refractivity contribution in [3.63, 3.8) is 0 Å². The van der Waals surface area contributed by atoms with Crippen LogP contribution in [0.1, 0.15) is 0 Å². The molecule has 0 aliphatic heterocycles. The maximum atomic E-state index is 12.8. The van der Waals surface area contributed by atoms with Crippen LogP contribution in [0, 0.1) is 5.82 Å². The van der Waals surface area contributed by atoms with E-state index < -0.39 is 6.16 Å². The monoisotopic (exact) mass is 212 g/mol. The molecule has 0 bridgehead atoms. The number of halogens is 1. The lowest BCUT2D eigenvalue weighted by Gasteiger charge is -1.90. The fourth-order valence-electron chi connectivity index (χ4n) is 1.12. The third-order valence-electron chi connectivity index (χ3n) is 1.65. The van der Waals surface area contributed by atoms with Crippen molar-refractivity contribution in [1.29, 1.82) is 0 Å². The van der Waals surface area contributed by atoms with Crippen molar-refractivity contribution >= 4 is 27.6 Å². The molecular weight excluding hydrogens is 207 g/mol. The van der Waals surface area contributed by atoms with Crippen LogP contribution in [0.3, 0.4) is 0 Å². The number of fused-ring (bicyclic) bond motifs is 1. The number of thiophene rings is 1. The zero-order valence-electron chi connectivity index (χ0n) is 6.86. The van der Waals surface area contributed by atoms with Crippen molar-refractivity contribution < 1.29 is 19.0 Å². The second-order valence-electron chi connectivity index (χ2n) is 2.62. The first kappa shape index (κ1) is 8.96. The first-order valence-corrected chi connectivity index (χ1v) is 4.57. The van der Waals surface area contributed by atoms with E-state index >= 15 is 0 Å². The highest BCUT2D eigenvalue weighted by atomic mass is 32.1. The number of ether oxygens (including phenoxy) is 1. The quantitative estimate of drug-likeness (QED) is 0.739. The molecule has 2 aromatic rings. The van der Waals surface area contributed by atoms with Crippen molar-refractivity contribution in [2.75, 3.05) is 0 Å². The van der Waals surface area contributed by atoms with Gasteiger partial charge in [0, 0.05) is 10.8 Å². The van der Waals surface area contributed by atoms with Crippen LogP contribution < -0.4 is 4.74 Å². The van der Waals surface area contributed by atoms with Gasteiger partial charge in [0.2, 0.25) is 0 Å². The molecular formula is C9H5FO3S. The summed E-state index contributed by atoms with van der Waals surface area (Å²) in [5, 5.41) is 9.38. The molecule has 0 saturated carbocycles. The number of hydrogen-bond donors (Lipinski definition) is 1. The molecule has 0 fully saturated rings. The van der Waals surface area contributed by atoms with E-state index in [-0.39, 0.29) is 10.9 Å². The van der Waals surface area contributed by atoms with Crippen LogP contribution >= 0.6 is 11.3 Å². The summed E-state index contributed by atoms with van der Waals surface area (Å²) in [5.41, 5.74) is 0. The summed E-state index contributed by atoms with van der Waals surface area (Å²) >= 11 is 1.10. The van der Waals surface area contributed by atoms with Crippen LogP contribution in [0.25, 0.3) is 10.1 Å². The number of carbonyl (C=O) groups is 1. The lowest BCUT2D eigenvalue weighted by molar-refractivity contribution is 0.146. The Morgan fingerprint density at radius 2 is 2.21 bits per heavy atom. The maximum Gasteiger partial charge on any atom is 0.512 e. The molecule has 3 nitrogen and oxygen atoms in total. The van der Waals surface area contributed by atoms with Gasteiger partial charge in [-0.2, -0.15) is 0 Å². The van der Waals surface area contributed by atoms with Crippen molar-refractivity contribution in [3.8, 4) is 5.06 Å². The smallest absolute Gasteiger partial charge is 0.449 e. The summed E-state index contributed by atoms with van der Waals surface area (Å²) in [7, 11) is 0. The van der Waals surface area contributed by atoms with E-state index in [2.05, 4.69) is 4.74 Å². The average molecular weight is 212 g/mol. The zero-order valence-corrected chi connectivity index (χ0v) is 7.68. The Labute approximate surface area is 82.4 Å². The lowest BCUT2D eigenvalue weighted by Crippen LogP contribution is -2.00. The molecule has 2 rings (SSSR count). The van der Waals surface area contributed by atoms with Gasteiger partial charge >= 0.3 is 6.16 Å². The summed E-state index contributed by atoms with van der Waals surface area (Å²) in [5.74, 6) is -0.346. The van der Waals surface area contributed by atoms with Crippen LogP contribution in [0.15, 0.2) is 24.3 Å². The van der Waals surface area contributed by atoms with Crippen LogP contribution in [0.5, 0.6) is 5.06 Å². The van der Waals surface area contributed by atoms with E-state index in [0.717, 1.165) is 16.7 Å². The molecule has 0 saturated heterocycles. The number of benzene rings is 1. The van der Waals surface area contributed by atoms with Gasteiger partial charge in [0.15, 0.2) is 5.06 Å². The first-order valence-electron chi connectivity index (χ1n) is 3.75. The fourth-order valence-corrected chi connectivity index (χ4v) is 2.05. The van der Waals surface area contributed by atoms with Gasteiger partial charge in [-0.25, -0.2) is 9.18 Å². The van der Waals surface area contributed by atoms with Gasteiger partial charge in [-0.1, -0.05) is 17.4 Å². The second-order valence-corrected chi connectivity index (χ2v) is 3.66. The third-order valence-corrected chi connectivity index (χ3v) is 2.62. The van der Waals surface area contributed by atoms with E-state index in [1.54, 1.807) is 12.1 Å². The van der Waals surface area contributed by atoms with E-state index in [4.69, 9.17) is 5.11 Å². The van der Waals surface area contributed by atoms with Crippen molar-refractivity contribution in [2.45, 2.75) is 0 Å². The summed E-state index contributed by atoms with van der Waals surface area (Å²) in [6, 6.07) is 5.80. The van der Waals surface area contributed by atoms with Gasteiger partial charge in [0.05, 0.1) is 0 Å². The van der Waals surface area contributed by atoms with E-state index in [1.165, 1.54) is 12.1 Å². The Morgan fingerprint density at radius 1 is 1.43 bits per heavy atom. The van der Waals surface area contributed by atoms with Crippen LogP contribution in [0.2, 0.25) is 0 Å². The number of hydrogen-bond acceptors (Lipinski definition) is 3. The Balaban J connectivity index is 2.46. The maximum absolute atomic E-state index is 12.8. The summed E-state index contributed by atoms with van der Waals surface area (Å²) < 4.78 is 17.9. The molecule has 0 unspecified atom stereocenters. The molecule has 0 amide bonds. The zero-order chi connectivity index (χ0) is 10.1. The summed E-state index contributed by atoms with van der Waals surface area (Å²) in [6.45, 7) is 0. The predicted octanol–water partition coefficient (Wildman–Crippen LogP) is 3.10. The van der Waals surface area contributed by atoms with Gasteiger partial charge < -0.3 is 9.84 Å². The predicted molar refractivity (Wildman–Crippen MR) is 50.4 cm³/mol. The Hall–Kier alpha value is -1.62. The number of carboxylic acid groups (broad SMARTS) is 1. The SMILES string of the molecule is O=C(O)Oc1cc2ccc(F)cc2s1. The average Bonchev–Trinajstić information content (AvgIpc) is 2.44. The fraction of sp³-hybridized carbons (Fsp3) is 0.